The van der Waals surface area contributed by atoms with Gasteiger partial charge < -0.3 is 14.6 Å². The molecule has 29 heavy (non-hydrogen) atoms. The van der Waals surface area contributed by atoms with E-state index in [9.17, 15) is 9.59 Å². The molecule has 3 aromatic heterocycles. The number of rotatable bonds is 7. The summed E-state index contributed by atoms with van der Waals surface area (Å²) < 4.78 is 9.14. The fourth-order valence-electron chi connectivity index (χ4n) is 3.69. The minimum Gasteiger partial charge on any atom is -0.376 e. The Morgan fingerprint density at radius 3 is 3.00 bits per heavy atom. The van der Waals surface area contributed by atoms with Gasteiger partial charge in [0.1, 0.15) is 11.4 Å². The zero-order valence-corrected chi connectivity index (χ0v) is 16.5. The molecule has 3 aromatic rings. The molecule has 8 heteroatoms. The Balaban J connectivity index is 1.37. The van der Waals surface area contributed by atoms with Gasteiger partial charge in [-0.3, -0.25) is 14.0 Å². The number of hydrogen-bond acceptors (Lipinski definition) is 5. The van der Waals surface area contributed by atoms with Gasteiger partial charge in [-0.2, -0.15) is 0 Å². The van der Waals surface area contributed by atoms with Gasteiger partial charge >= 0.3 is 0 Å². The van der Waals surface area contributed by atoms with Crippen LogP contribution in [0, 0.1) is 6.92 Å². The number of pyridine rings is 2. The summed E-state index contributed by atoms with van der Waals surface area (Å²) in [6, 6.07) is 7.56. The summed E-state index contributed by atoms with van der Waals surface area (Å²) in [6.45, 7) is 3.47. The quantitative estimate of drug-likeness (QED) is 0.616. The number of nitrogens with one attached hydrogen (secondary N) is 1. The van der Waals surface area contributed by atoms with Crippen LogP contribution >= 0.6 is 0 Å². The van der Waals surface area contributed by atoms with E-state index in [1.54, 1.807) is 17.7 Å². The highest BCUT2D eigenvalue weighted by Crippen LogP contribution is 2.14. The molecule has 152 valence electrons. The van der Waals surface area contributed by atoms with Gasteiger partial charge in [0.2, 0.25) is 0 Å². The van der Waals surface area contributed by atoms with Crippen LogP contribution in [0.1, 0.15) is 41.0 Å². The average molecular weight is 395 g/mol. The molecule has 4 heterocycles. The van der Waals surface area contributed by atoms with E-state index in [0.717, 1.165) is 30.9 Å². The summed E-state index contributed by atoms with van der Waals surface area (Å²) in [4.78, 5) is 25.5. The van der Waals surface area contributed by atoms with Crippen LogP contribution in [0.4, 0.5) is 0 Å². The fourth-order valence-corrected chi connectivity index (χ4v) is 3.69. The molecule has 1 N–H and O–H groups in total. The maximum atomic E-state index is 12.8. The van der Waals surface area contributed by atoms with Crippen molar-refractivity contribution in [2.75, 3.05) is 13.2 Å². The molecular weight excluding hydrogens is 370 g/mol. The summed E-state index contributed by atoms with van der Waals surface area (Å²) in [5.74, 6) is 0.518. The lowest BCUT2D eigenvalue weighted by Gasteiger charge is -2.14. The van der Waals surface area contributed by atoms with Crippen molar-refractivity contribution in [3.05, 3.63) is 64.0 Å². The molecule has 0 aromatic carbocycles. The predicted octanol–water partition coefficient (Wildman–Crippen LogP) is 1.74. The number of hydrogen-bond donors (Lipinski definition) is 1. The summed E-state index contributed by atoms with van der Waals surface area (Å²) in [6.07, 6.45) is 7.06. The fraction of sp³-hybridized carbons (Fsp3) is 0.429. The third-order valence-corrected chi connectivity index (χ3v) is 5.27. The molecule has 1 saturated heterocycles. The third-order valence-electron chi connectivity index (χ3n) is 5.27. The summed E-state index contributed by atoms with van der Waals surface area (Å²) >= 11 is 0. The van der Waals surface area contributed by atoms with E-state index < -0.39 is 0 Å². The molecule has 1 atom stereocenters. The van der Waals surface area contributed by atoms with Crippen LogP contribution in [-0.2, 0) is 17.7 Å². The predicted molar refractivity (Wildman–Crippen MR) is 108 cm³/mol. The lowest BCUT2D eigenvalue weighted by Crippen LogP contribution is -2.36. The Hall–Kier alpha value is -3.00. The maximum Gasteiger partial charge on any atom is 0.263 e. The summed E-state index contributed by atoms with van der Waals surface area (Å²) in [5, 5.41) is 11.2. The molecule has 8 nitrogen and oxygen atoms in total. The molecule has 1 fully saturated rings. The van der Waals surface area contributed by atoms with E-state index in [4.69, 9.17) is 4.74 Å². The lowest BCUT2D eigenvalue weighted by atomic mass is 10.1. The van der Waals surface area contributed by atoms with Gasteiger partial charge in [0.15, 0.2) is 5.65 Å². The normalized spacial score (nSPS) is 16.4. The van der Waals surface area contributed by atoms with E-state index in [2.05, 4.69) is 15.5 Å². The van der Waals surface area contributed by atoms with Crippen molar-refractivity contribution in [3.63, 3.8) is 0 Å². The van der Waals surface area contributed by atoms with Crippen LogP contribution in [0.5, 0.6) is 0 Å². The Kier molecular flexibility index (Phi) is 5.71. The molecule has 0 spiro atoms. The second-order valence-corrected chi connectivity index (χ2v) is 7.37. The number of nitrogens with zero attached hydrogens (tertiary/aromatic N) is 4. The zero-order chi connectivity index (χ0) is 20.2. The minimum atomic E-state index is -0.333. The second kappa shape index (κ2) is 8.57. The number of aryl methyl sites for hydroxylation is 2. The highest BCUT2D eigenvalue weighted by molar-refractivity contribution is 5.95. The van der Waals surface area contributed by atoms with Crippen molar-refractivity contribution in [2.45, 2.75) is 45.3 Å². The second-order valence-electron chi connectivity index (χ2n) is 7.37. The molecule has 0 aliphatic carbocycles. The topological polar surface area (TPSA) is 90.5 Å². The van der Waals surface area contributed by atoms with E-state index in [-0.39, 0.29) is 23.1 Å². The number of carbonyl (C=O) groups excluding carboxylic acids is 1. The molecule has 4 rings (SSSR count). The van der Waals surface area contributed by atoms with Crippen molar-refractivity contribution in [3.8, 4) is 0 Å². The van der Waals surface area contributed by atoms with E-state index in [1.165, 1.54) is 0 Å². The van der Waals surface area contributed by atoms with Gasteiger partial charge in [-0.25, -0.2) is 0 Å². The van der Waals surface area contributed by atoms with Gasteiger partial charge in [-0.05, 0) is 49.9 Å². The Morgan fingerprint density at radius 1 is 1.28 bits per heavy atom. The van der Waals surface area contributed by atoms with Gasteiger partial charge in [-0.1, -0.05) is 6.07 Å². The minimum absolute atomic E-state index is 0.0456. The summed E-state index contributed by atoms with van der Waals surface area (Å²) in [5.41, 5.74) is 1.43. The zero-order valence-electron chi connectivity index (χ0n) is 16.5. The number of aromatic nitrogens is 4. The number of ether oxygens (including phenoxy) is 1. The van der Waals surface area contributed by atoms with Gasteiger partial charge in [-0.15, -0.1) is 10.2 Å². The molecule has 0 saturated carbocycles. The average Bonchev–Trinajstić information content (AvgIpc) is 3.37. The Bertz CT molecular complexity index is 1070. The highest BCUT2D eigenvalue weighted by atomic mass is 16.5. The highest BCUT2D eigenvalue weighted by Gasteiger charge is 2.20. The Morgan fingerprint density at radius 2 is 2.17 bits per heavy atom. The first kappa shape index (κ1) is 19.3. The molecular formula is C21H25N5O3. The van der Waals surface area contributed by atoms with Crippen LogP contribution in [0.25, 0.3) is 5.65 Å². The largest absolute Gasteiger partial charge is 0.376 e. The van der Waals surface area contributed by atoms with Crippen LogP contribution in [0.15, 0.2) is 41.5 Å². The maximum absolute atomic E-state index is 12.8. The van der Waals surface area contributed by atoms with Gasteiger partial charge in [0.25, 0.3) is 11.5 Å². The lowest BCUT2D eigenvalue weighted by molar-refractivity contribution is 0.0929. The first-order valence-corrected chi connectivity index (χ1v) is 10.0. The van der Waals surface area contributed by atoms with Crippen molar-refractivity contribution in [1.29, 1.82) is 0 Å². The van der Waals surface area contributed by atoms with Crippen LogP contribution in [-0.4, -0.2) is 44.3 Å². The van der Waals surface area contributed by atoms with Crippen LogP contribution < -0.4 is 10.9 Å². The van der Waals surface area contributed by atoms with Gasteiger partial charge in [0.05, 0.1) is 12.6 Å². The molecule has 1 aliphatic rings. The van der Waals surface area contributed by atoms with Crippen molar-refractivity contribution < 1.29 is 9.53 Å². The monoisotopic (exact) mass is 395 g/mol. The molecule has 1 aliphatic heterocycles. The SMILES string of the molecule is Cc1ccn(CC2CCCO2)c(=O)c1C(=O)NCCCc1nnc2ccccn12. The van der Waals surface area contributed by atoms with Crippen LogP contribution in [0.2, 0.25) is 0 Å². The molecule has 0 bridgehead atoms. The standard InChI is InChI=1S/C21H25N5O3/c1-15-9-12-25(14-16-6-5-13-29-16)21(28)19(15)20(27)22-10-4-8-18-24-23-17-7-2-3-11-26(17)18/h2-3,7,9,11-12,16H,4-6,8,10,13-14H2,1H3,(H,22,27). The van der Waals surface area contributed by atoms with Crippen molar-refractivity contribution in [1.82, 2.24) is 24.5 Å². The number of amides is 1. The number of fused-ring (bicyclic) bond motifs is 1. The van der Waals surface area contributed by atoms with Crippen molar-refractivity contribution in [2.24, 2.45) is 0 Å². The summed E-state index contributed by atoms with van der Waals surface area (Å²) in [7, 11) is 0. The third kappa shape index (κ3) is 4.22. The first-order chi connectivity index (χ1) is 14.1. The first-order valence-electron chi connectivity index (χ1n) is 10.0. The molecule has 0 radical (unpaired) electrons. The molecule has 1 unspecified atom stereocenters. The Labute approximate surface area is 168 Å². The van der Waals surface area contributed by atoms with E-state index in [0.29, 0.717) is 31.5 Å². The van der Waals surface area contributed by atoms with Crippen LogP contribution in [0.3, 0.4) is 0 Å². The van der Waals surface area contributed by atoms with E-state index >= 15 is 0 Å². The smallest absolute Gasteiger partial charge is 0.263 e. The van der Waals surface area contributed by atoms with Gasteiger partial charge in [0, 0.05) is 32.0 Å². The van der Waals surface area contributed by atoms with E-state index in [1.807, 2.05) is 34.9 Å². The number of carbonyl (C=O) groups is 1. The molecule has 1 amide bonds. The van der Waals surface area contributed by atoms with Crippen molar-refractivity contribution >= 4 is 11.6 Å².